The van der Waals surface area contributed by atoms with Crippen LogP contribution < -0.4 is 24.8 Å². The molecule has 0 aliphatic heterocycles. The molecule has 0 radical (unpaired) electrons. The van der Waals surface area contributed by atoms with Crippen molar-refractivity contribution < 1.29 is 17.9 Å². The lowest BCUT2D eigenvalue weighted by Gasteiger charge is -2.15. The zero-order valence-electron chi connectivity index (χ0n) is 16.7. The number of halogens is 1. The molecule has 0 aliphatic rings. The van der Waals surface area contributed by atoms with Crippen LogP contribution in [0.4, 0.5) is 17.1 Å². The smallest absolute Gasteiger partial charge is 0.261 e. The highest BCUT2D eigenvalue weighted by molar-refractivity contribution is 7.92. The molecule has 0 heterocycles. The monoisotopic (exact) mass is 477 g/mol. The molecule has 0 saturated heterocycles. The van der Waals surface area contributed by atoms with Gasteiger partial charge in [0, 0.05) is 22.5 Å². The zero-order valence-corrected chi connectivity index (χ0v) is 19.1. The van der Waals surface area contributed by atoms with Gasteiger partial charge in [-0.3, -0.25) is 4.72 Å². The minimum absolute atomic E-state index is 0.112. The average molecular weight is 478 g/mol. The fraction of sp³-hybridized carbons (Fsp3) is 0.0952. The van der Waals surface area contributed by atoms with Gasteiger partial charge in [-0.25, -0.2) is 8.42 Å². The molecule has 3 aromatic rings. The van der Waals surface area contributed by atoms with E-state index in [1.807, 2.05) is 0 Å². The fourth-order valence-corrected chi connectivity index (χ4v) is 4.06. The van der Waals surface area contributed by atoms with Crippen LogP contribution in [0.5, 0.6) is 11.5 Å². The number of hydrogen-bond donors (Lipinski definition) is 3. The third-order valence-corrected chi connectivity index (χ3v) is 6.03. The first-order valence-corrected chi connectivity index (χ1v) is 11.3. The van der Waals surface area contributed by atoms with Gasteiger partial charge in [0.1, 0.15) is 11.5 Å². The van der Waals surface area contributed by atoms with Crippen LogP contribution in [0, 0.1) is 0 Å². The molecule has 10 heteroatoms. The Kier molecular flexibility index (Phi) is 7.21. The molecule has 3 N–H and O–H groups in total. The SMILES string of the molecule is COc1ccc(OC)c(NC(=S)Nc2ccc(S(=O)(=O)Nc3ccc(Cl)cc3)cc2)c1. The van der Waals surface area contributed by atoms with Crippen molar-refractivity contribution in [3.8, 4) is 11.5 Å². The fourth-order valence-electron chi connectivity index (χ4n) is 2.65. The molecule has 0 saturated carbocycles. The Hall–Kier alpha value is -3.01. The number of methoxy groups -OCH3 is 2. The summed E-state index contributed by atoms with van der Waals surface area (Å²) in [7, 11) is -0.611. The Morgan fingerprint density at radius 2 is 1.52 bits per heavy atom. The van der Waals surface area contributed by atoms with E-state index in [0.29, 0.717) is 38.7 Å². The molecule has 0 amide bonds. The molecule has 7 nitrogen and oxygen atoms in total. The van der Waals surface area contributed by atoms with E-state index in [1.54, 1.807) is 68.8 Å². The number of rotatable bonds is 7. The maximum Gasteiger partial charge on any atom is 0.261 e. The minimum Gasteiger partial charge on any atom is -0.497 e. The molecule has 0 atom stereocenters. The predicted molar refractivity (Wildman–Crippen MR) is 128 cm³/mol. The van der Waals surface area contributed by atoms with E-state index in [9.17, 15) is 8.42 Å². The summed E-state index contributed by atoms with van der Waals surface area (Å²) >= 11 is 11.2. The van der Waals surface area contributed by atoms with Crippen LogP contribution in [-0.4, -0.2) is 27.7 Å². The Balaban J connectivity index is 1.67. The lowest BCUT2D eigenvalue weighted by Crippen LogP contribution is -2.19. The summed E-state index contributed by atoms with van der Waals surface area (Å²) in [4.78, 5) is 0.112. The van der Waals surface area contributed by atoms with Crippen molar-refractivity contribution in [1.29, 1.82) is 0 Å². The van der Waals surface area contributed by atoms with Crippen molar-refractivity contribution in [2.45, 2.75) is 4.90 Å². The van der Waals surface area contributed by atoms with Crippen LogP contribution in [-0.2, 0) is 10.0 Å². The summed E-state index contributed by atoms with van der Waals surface area (Å²) < 4.78 is 38.2. The first kappa shape index (κ1) is 22.7. The minimum atomic E-state index is -3.74. The maximum atomic E-state index is 12.6. The first-order chi connectivity index (χ1) is 14.8. The summed E-state index contributed by atoms with van der Waals surface area (Å²) in [5.74, 6) is 1.24. The van der Waals surface area contributed by atoms with E-state index < -0.39 is 10.0 Å². The molecule has 0 fully saturated rings. The lowest BCUT2D eigenvalue weighted by molar-refractivity contribution is 0.405. The molecule has 0 bridgehead atoms. The number of benzene rings is 3. The van der Waals surface area contributed by atoms with Crippen molar-refractivity contribution in [1.82, 2.24) is 0 Å². The van der Waals surface area contributed by atoms with E-state index in [-0.39, 0.29) is 4.90 Å². The highest BCUT2D eigenvalue weighted by Gasteiger charge is 2.14. The summed E-state index contributed by atoms with van der Waals surface area (Å²) in [5, 5.41) is 6.88. The normalized spacial score (nSPS) is 10.8. The third-order valence-electron chi connectivity index (χ3n) is 4.17. The average Bonchev–Trinajstić information content (AvgIpc) is 2.75. The molecule has 3 rings (SSSR count). The van der Waals surface area contributed by atoms with Gasteiger partial charge in [0.05, 0.1) is 24.8 Å². The summed E-state index contributed by atoms with van der Waals surface area (Å²) in [6.45, 7) is 0. The third kappa shape index (κ3) is 6.00. The van der Waals surface area contributed by atoms with Gasteiger partial charge in [0.2, 0.25) is 0 Å². The predicted octanol–water partition coefficient (Wildman–Crippen LogP) is 4.97. The van der Waals surface area contributed by atoms with Crippen molar-refractivity contribution in [3.05, 3.63) is 71.8 Å². The molecule has 0 spiro atoms. The number of sulfonamides is 1. The van der Waals surface area contributed by atoms with Crippen LogP contribution in [0.1, 0.15) is 0 Å². The van der Waals surface area contributed by atoms with Gasteiger partial charge in [-0.05, 0) is 72.9 Å². The van der Waals surface area contributed by atoms with E-state index in [4.69, 9.17) is 33.3 Å². The van der Waals surface area contributed by atoms with Gasteiger partial charge < -0.3 is 20.1 Å². The molecule has 162 valence electrons. The van der Waals surface area contributed by atoms with Gasteiger partial charge >= 0.3 is 0 Å². The van der Waals surface area contributed by atoms with E-state index in [1.165, 1.54) is 12.1 Å². The topological polar surface area (TPSA) is 88.7 Å². The van der Waals surface area contributed by atoms with Gasteiger partial charge in [0.15, 0.2) is 5.11 Å². The number of ether oxygens (including phenoxy) is 2. The van der Waals surface area contributed by atoms with Crippen LogP contribution in [0.25, 0.3) is 0 Å². The van der Waals surface area contributed by atoms with Crippen LogP contribution >= 0.6 is 23.8 Å². The highest BCUT2D eigenvalue weighted by Crippen LogP contribution is 2.29. The summed E-state index contributed by atoms with van der Waals surface area (Å²) in [5.41, 5.74) is 1.67. The zero-order chi connectivity index (χ0) is 22.4. The van der Waals surface area contributed by atoms with E-state index >= 15 is 0 Å². The number of thiocarbonyl (C=S) groups is 1. The Morgan fingerprint density at radius 3 is 2.13 bits per heavy atom. The largest absolute Gasteiger partial charge is 0.497 e. The van der Waals surface area contributed by atoms with Gasteiger partial charge in [-0.15, -0.1) is 0 Å². The molecule has 0 aliphatic carbocycles. The van der Waals surface area contributed by atoms with Crippen molar-refractivity contribution in [2.75, 3.05) is 29.6 Å². The second-order valence-corrected chi connectivity index (χ2v) is 8.81. The second-order valence-electron chi connectivity index (χ2n) is 6.28. The second kappa shape index (κ2) is 9.86. The molecular formula is C21H20ClN3O4S2. The van der Waals surface area contributed by atoms with Crippen molar-refractivity contribution >= 4 is 56.0 Å². The molecule has 3 aromatic carbocycles. The van der Waals surface area contributed by atoms with E-state index in [2.05, 4.69) is 15.4 Å². The summed E-state index contributed by atoms with van der Waals surface area (Å²) in [6, 6.07) is 17.9. The molecule has 0 aromatic heterocycles. The Labute approximate surface area is 191 Å². The summed E-state index contributed by atoms with van der Waals surface area (Å²) in [6.07, 6.45) is 0. The Bertz CT molecular complexity index is 1170. The van der Waals surface area contributed by atoms with Crippen molar-refractivity contribution in [3.63, 3.8) is 0 Å². The van der Waals surface area contributed by atoms with Crippen LogP contribution in [0.3, 0.4) is 0 Å². The number of hydrogen-bond acceptors (Lipinski definition) is 5. The van der Waals surface area contributed by atoms with Gasteiger partial charge in [-0.1, -0.05) is 11.6 Å². The molecule has 0 unspecified atom stereocenters. The first-order valence-electron chi connectivity index (χ1n) is 8.99. The standard InChI is InChI=1S/C21H20ClN3O4S2/c1-28-17-9-12-20(29-2)19(13-17)24-21(30)23-15-7-10-18(11-8-15)31(26,27)25-16-5-3-14(22)4-6-16/h3-13,25H,1-2H3,(H2,23,24,30). The highest BCUT2D eigenvalue weighted by atomic mass is 35.5. The van der Waals surface area contributed by atoms with E-state index in [0.717, 1.165) is 0 Å². The van der Waals surface area contributed by atoms with Gasteiger partial charge in [0.25, 0.3) is 10.0 Å². The maximum absolute atomic E-state index is 12.6. The molecule has 31 heavy (non-hydrogen) atoms. The van der Waals surface area contributed by atoms with Crippen LogP contribution in [0.15, 0.2) is 71.6 Å². The lowest BCUT2D eigenvalue weighted by atomic mass is 10.2. The van der Waals surface area contributed by atoms with Gasteiger partial charge in [-0.2, -0.15) is 0 Å². The Morgan fingerprint density at radius 1 is 0.871 bits per heavy atom. The quantitative estimate of drug-likeness (QED) is 0.414. The van der Waals surface area contributed by atoms with Crippen LogP contribution in [0.2, 0.25) is 5.02 Å². The number of anilines is 3. The van der Waals surface area contributed by atoms with Crippen molar-refractivity contribution in [2.24, 2.45) is 0 Å². The number of nitrogens with one attached hydrogen (secondary N) is 3. The molecular weight excluding hydrogens is 458 g/mol.